The number of benzene rings is 1. The molecule has 2 heterocycles. The first-order chi connectivity index (χ1) is 9.61. The molecule has 20 heavy (non-hydrogen) atoms. The summed E-state index contributed by atoms with van der Waals surface area (Å²) in [5, 5.41) is 6.07. The van der Waals surface area contributed by atoms with E-state index in [0.717, 1.165) is 24.9 Å². The minimum atomic E-state index is -0.722. The van der Waals surface area contributed by atoms with E-state index in [4.69, 9.17) is 0 Å². The molecule has 2 saturated heterocycles. The molecule has 3 amide bonds. The summed E-state index contributed by atoms with van der Waals surface area (Å²) in [6.45, 7) is 3.79. The lowest BCUT2D eigenvalue weighted by Crippen LogP contribution is -2.57. The quantitative estimate of drug-likeness (QED) is 0.795. The Balaban J connectivity index is 1.78. The highest BCUT2D eigenvalue weighted by molar-refractivity contribution is 6.07. The van der Waals surface area contributed by atoms with E-state index in [-0.39, 0.29) is 11.9 Å². The molecule has 2 aliphatic rings. The highest BCUT2D eigenvalue weighted by atomic mass is 16.2. The van der Waals surface area contributed by atoms with Crippen molar-refractivity contribution in [3.8, 4) is 0 Å². The van der Waals surface area contributed by atoms with Crippen LogP contribution in [0.5, 0.6) is 0 Å². The average molecular weight is 273 g/mol. The van der Waals surface area contributed by atoms with Crippen molar-refractivity contribution in [1.29, 1.82) is 0 Å². The zero-order chi connectivity index (χ0) is 14.2. The number of hydrogen-bond donors (Lipinski definition) is 2. The summed E-state index contributed by atoms with van der Waals surface area (Å²) in [6, 6.07) is 7.62. The molecule has 1 atom stereocenters. The van der Waals surface area contributed by atoms with Crippen molar-refractivity contribution < 1.29 is 9.59 Å². The lowest BCUT2D eigenvalue weighted by Gasteiger charge is -2.31. The molecule has 0 bridgehead atoms. The van der Waals surface area contributed by atoms with Crippen molar-refractivity contribution in [1.82, 2.24) is 15.5 Å². The van der Waals surface area contributed by atoms with Crippen LogP contribution in [0.3, 0.4) is 0 Å². The fourth-order valence-corrected chi connectivity index (χ4v) is 2.89. The minimum Gasteiger partial charge on any atom is -0.322 e. The van der Waals surface area contributed by atoms with E-state index in [9.17, 15) is 9.59 Å². The molecule has 2 fully saturated rings. The molecule has 2 N–H and O–H groups in total. The minimum absolute atomic E-state index is 0.102. The number of nitrogens with zero attached hydrogens (tertiary/aromatic N) is 1. The van der Waals surface area contributed by atoms with Crippen LogP contribution in [0.4, 0.5) is 4.79 Å². The van der Waals surface area contributed by atoms with Gasteiger partial charge in [-0.05, 0) is 31.9 Å². The van der Waals surface area contributed by atoms with Gasteiger partial charge in [0, 0.05) is 6.54 Å². The zero-order valence-electron chi connectivity index (χ0n) is 11.6. The molecular formula is C15H19N3O2. The first kappa shape index (κ1) is 13.1. The molecule has 5 heteroatoms. The first-order valence-electron chi connectivity index (χ1n) is 7.01. The normalized spacial score (nSPS) is 26.1. The molecule has 1 spiro atoms. The predicted octanol–water partition coefficient (Wildman–Crippen LogP) is 1.17. The van der Waals surface area contributed by atoms with Gasteiger partial charge in [0.25, 0.3) is 5.91 Å². The highest BCUT2D eigenvalue weighted by Gasteiger charge is 2.51. The number of aryl methyl sites for hydroxylation is 1. The van der Waals surface area contributed by atoms with Crippen LogP contribution in [0, 0.1) is 6.92 Å². The van der Waals surface area contributed by atoms with E-state index < -0.39 is 5.54 Å². The number of urea groups is 1. The third-order valence-electron chi connectivity index (χ3n) is 4.09. The monoisotopic (exact) mass is 273 g/mol. The van der Waals surface area contributed by atoms with Crippen LogP contribution in [0.1, 0.15) is 24.0 Å². The lowest BCUT2D eigenvalue weighted by atomic mass is 9.90. The molecule has 0 aromatic heterocycles. The van der Waals surface area contributed by atoms with Gasteiger partial charge in [0.05, 0.1) is 6.54 Å². The fraction of sp³-hybridized carbons (Fsp3) is 0.467. The Morgan fingerprint density at radius 1 is 1.25 bits per heavy atom. The number of amides is 3. The molecule has 106 valence electrons. The maximum Gasteiger partial charge on any atom is 0.325 e. The summed E-state index contributed by atoms with van der Waals surface area (Å²) in [6.07, 6.45) is 1.62. The van der Waals surface area contributed by atoms with Gasteiger partial charge in [0.2, 0.25) is 0 Å². The van der Waals surface area contributed by atoms with Gasteiger partial charge in [-0.25, -0.2) is 4.79 Å². The maximum absolute atomic E-state index is 12.6. The van der Waals surface area contributed by atoms with Crippen molar-refractivity contribution in [2.75, 3.05) is 13.1 Å². The Morgan fingerprint density at radius 2 is 2.00 bits per heavy atom. The predicted molar refractivity (Wildman–Crippen MR) is 75.1 cm³/mol. The highest BCUT2D eigenvalue weighted by Crippen LogP contribution is 2.26. The molecule has 0 aliphatic carbocycles. The Labute approximate surface area is 118 Å². The van der Waals surface area contributed by atoms with Gasteiger partial charge in [-0.1, -0.05) is 29.8 Å². The third-order valence-corrected chi connectivity index (χ3v) is 4.09. The SMILES string of the molecule is Cc1ccc(CN2C(=O)N[C@]3(CCCNC3)C2=O)cc1. The van der Waals surface area contributed by atoms with Crippen LogP contribution in [0.15, 0.2) is 24.3 Å². The summed E-state index contributed by atoms with van der Waals surface area (Å²) in [4.78, 5) is 26.0. The number of hydrogen-bond acceptors (Lipinski definition) is 3. The first-order valence-corrected chi connectivity index (χ1v) is 7.01. The summed E-state index contributed by atoms with van der Waals surface area (Å²) in [5.74, 6) is -0.102. The van der Waals surface area contributed by atoms with Crippen LogP contribution in [-0.4, -0.2) is 35.5 Å². The number of nitrogens with one attached hydrogen (secondary N) is 2. The van der Waals surface area contributed by atoms with Gasteiger partial charge in [0.1, 0.15) is 5.54 Å². The maximum atomic E-state index is 12.6. The van der Waals surface area contributed by atoms with E-state index in [1.807, 2.05) is 31.2 Å². The summed E-state index contributed by atoms with van der Waals surface area (Å²) in [5.41, 5.74) is 1.42. The topological polar surface area (TPSA) is 61.4 Å². The van der Waals surface area contributed by atoms with E-state index in [1.165, 1.54) is 10.5 Å². The Bertz CT molecular complexity index is 533. The van der Waals surface area contributed by atoms with Crippen molar-refractivity contribution in [3.63, 3.8) is 0 Å². The lowest BCUT2D eigenvalue weighted by molar-refractivity contribution is -0.132. The number of rotatable bonds is 2. The Hall–Kier alpha value is -1.88. The van der Waals surface area contributed by atoms with Crippen molar-refractivity contribution >= 4 is 11.9 Å². The molecular weight excluding hydrogens is 254 g/mol. The van der Waals surface area contributed by atoms with Crippen LogP contribution < -0.4 is 10.6 Å². The summed E-state index contributed by atoms with van der Waals surface area (Å²) >= 11 is 0. The van der Waals surface area contributed by atoms with Crippen LogP contribution in [-0.2, 0) is 11.3 Å². The molecule has 1 aromatic carbocycles. The van der Waals surface area contributed by atoms with Gasteiger partial charge in [-0.2, -0.15) is 0 Å². The van der Waals surface area contributed by atoms with E-state index in [0.29, 0.717) is 13.1 Å². The second-order valence-electron chi connectivity index (χ2n) is 5.67. The van der Waals surface area contributed by atoms with E-state index in [2.05, 4.69) is 10.6 Å². The number of carbonyl (C=O) groups excluding carboxylic acids is 2. The average Bonchev–Trinajstić information content (AvgIpc) is 2.67. The molecule has 3 rings (SSSR count). The van der Waals surface area contributed by atoms with Gasteiger partial charge < -0.3 is 10.6 Å². The Kier molecular flexibility index (Phi) is 3.22. The van der Waals surface area contributed by atoms with Crippen molar-refractivity contribution in [3.05, 3.63) is 35.4 Å². The van der Waals surface area contributed by atoms with Gasteiger partial charge >= 0.3 is 6.03 Å². The van der Waals surface area contributed by atoms with Crippen LogP contribution >= 0.6 is 0 Å². The van der Waals surface area contributed by atoms with E-state index in [1.54, 1.807) is 0 Å². The van der Waals surface area contributed by atoms with Crippen LogP contribution in [0.2, 0.25) is 0 Å². The zero-order valence-corrected chi connectivity index (χ0v) is 11.6. The second-order valence-corrected chi connectivity index (χ2v) is 5.67. The molecule has 0 radical (unpaired) electrons. The second kappa shape index (κ2) is 4.90. The summed E-state index contributed by atoms with van der Waals surface area (Å²) < 4.78 is 0. The summed E-state index contributed by atoms with van der Waals surface area (Å²) in [7, 11) is 0. The number of piperidine rings is 1. The number of carbonyl (C=O) groups is 2. The van der Waals surface area contributed by atoms with Gasteiger partial charge in [-0.3, -0.25) is 9.69 Å². The molecule has 5 nitrogen and oxygen atoms in total. The molecule has 1 aromatic rings. The van der Waals surface area contributed by atoms with Crippen LogP contribution in [0.25, 0.3) is 0 Å². The molecule has 0 unspecified atom stereocenters. The number of imide groups is 1. The Morgan fingerprint density at radius 3 is 2.65 bits per heavy atom. The van der Waals surface area contributed by atoms with Gasteiger partial charge in [-0.15, -0.1) is 0 Å². The fourth-order valence-electron chi connectivity index (χ4n) is 2.89. The van der Waals surface area contributed by atoms with E-state index >= 15 is 0 Å². The van der Waals surface area contributed by atoms with Crippen molar-refractivity contribution in [2.45, 2.75) is 31.8 Å². The third kappa shape index (κ3) is 2.18. The molecule has 0 saturated carbocycles. The van der Waals surface area contributed by atoms with Gasteiger partial charge in [0.15, 0.2) is 0 Å². The standard InChI is InChI=1S/C15H19N3O2/c1-11-3-5-12(6-4-11)9-18-13(19)15(17-14(18)20)7-2-8-16-10-15/h3-6,16H,2,7-10H2,1H3,(H,17,20)/t15-/m0/s1. The smallest absolute Gasteiger partial charge is 0.322 e. The largest absolute Gasteiger partial charge is 0.325 e. The molecule has 2 aliphatic heterocycles. The van der Waals surface area contributed by atoms with Crippen molar-refractivity contribution in [2.24, 2.45) is 0 Å².